The van der Waals surface area contributed by atoms with Gasteiger partial charge in [-0.1, -0.05) is 35.3 Å². The molecular weight excluding hydrogens is 385 g/mol. The van der Waals surface area contributed by atoms with Gasteiger partial charge in [-0.3, -0.25) is 4.90 Å². The maximum atomic E-state index is 12.5. The van der Waals surface area contributed by atoms with Crippen LogP contribution >= 0.6 is 23.2 Å². The van der Waals surface area contributed by atoms with E-state index in [0.717, 1.165) is 38.4 Å². The molecule has 2 aromatic carbocycles. The van der Waals surface area contributed by atoms with Crippen molar-refractivity contribution in [1.82, 2.24) is 9.80 Å². The third kappa shape index (κ3) is 4.32. The third-order valence-corrected chi connectivity index (χ3v) is 5.73. The van der Waals surface area contributed by atoms with E-state index in [9.17, 15) is 4.79 Å². The zero-order chi connectivity index (χ0) is 18.8. The number of nitrogens with one attached hydrogen (secondary N) is 1. The number of benzene rings is 2. The molecule has 142 valence electrons. The molecule has 1 fully saturated rings. The van der Waals surface area contributed by atoms with Crippen LogP contribution in [-0.2, 0) is 13.0 Å². The lowest BCUT2D eigenvalue weighted by Gasteiger charge is -2.34. The van der Waals surface area contributed by atoms with E-state index in [2.05, 4.69) is 28.4 Å². The zero-order valence-electron chi connectivity index (χ0n) is 14.9. The normalized spacial score (nSPS) is 16.7. The van der Waals surface area contributed by atoms with Crippen LogP contribution in [0.25, 0.3) is 0 Å². The van der Waals surface area contributed by atoms with Crippen molar-refractivity contribution in [1.29, 1.82) is 0 Å². The fourth-order valence-electron chi connectivity index (χ4n) is 3.48. The minimum absolute atomic E-state index is 0.109. The summed E-state index contributed by atoms with van der Waals surface area (Å²) in [5.41, 5.74) is 3.25. The minimum atomic E-state index is -0.109. The lowest BCUT2D eigenvalue weighted by Crippen LogP contribution is -2.49. The minimum Gasteiger partial charge on any atom is -0.493 e. The second-order valence-electron chi connectivity index (χ2n) is 6.86. The van der Waals surface area contributed by atoms with Gasteiger partial charge in [-0.15, -0.1) is 0 Å². The Morgan fingerprint density at radius 1 is 1.04 bits per heavy atom. The van der Waals surface area contributed by atoms with Crippen LogP contribution in [0.15, 0.2) is 36.4 Å². The van der Waals surface area contributed by atoms with E-state index in [1.54, 1.807) is 18.2 Å². The van der Waals surface area contributed by atoms with Gasteiger partial charge in [0.15, 0.2) is 0 Å². The number of rotatable bonds is 3. The molecular formula is C20H21Cl2N3O2. The van der Waals surface area contributed by atoms with Crippen LogP contribution in [0, 0.1) is 0 Å². The molecule has 0 bridgehead atoms. The molecule has 0 spiro atoms. The van der Waals surface area contributed by atoms with Gasteiger partial charge in [-0.2, -0.15) is 0 Å². The molecule has 1 saturated heterocycles. The van der Waals surface area contributed by atoms with Crippen molar-refractivity contribution in [3.05, 3.63) is 57.6 Å². The fourth-order valence-corrected chi connectivity index (χ4v) is 3.78. The topological polar surface area (TPSA) is 44.8 Å². The molecule has 2 aliphatic rings. The number of anilines is 1. The highest BCUT2D eigenvalue weighted by atomic mass is 35.5. The molecule has 7 heteroatoms. The second kappa shape index (κ2) is 7.97. The smallest absolute Gasteiger partial charge is 0.321 e. The Balaban J connectivity index is 1.29. The molecule has 2 aromatic rings. The van der Waals surface area contributed by atoms with Gasteiger partial charge in [0, 0.05) is 44.8 Å². The van der Waals surface area contributed by atoms with E-state index in [-0.39, 0.29) is 6.03 Å². The molecule has 4 rings (SSSR count). The van der Waals surface area contributed by atoms with Crippen LogP contribution in [-0.4, -0.2) is 48.6 Å². The van der Waals surface area contributed by atoms with Crippen LogP contribution in [0.2, 0.25) is 10.0 Å². The van der Waals surface area contributed by atoms with Crippen LogP contribution in [0.3, 0.4) is 0 Å². The maximum absolute atomic E-state index is 12.5. The van der Waals surface area contributed by atoms with Gasteiger partial charge >= 0.3 is 6.03 Å². The number of hydrogen-bond donors (Lipinski definition) is 1. The lowest BCUT2D eigenvalue weighted by molar-refractivity contribution is 0.143. The maximum Gasteiger partial charge on any atom is 0.321 e. The summed E-state index contributed by atoms with van der Waals surface area (Å²) >= 11 is 11.9. The first kappa shape index (κ1) is 18.4. The standard InChI is InChI=1S/C20H21Cl2N3O2/c21-17-3-2-16(12-18(17)22)23-20(26)25-8-6-24(7-9-25)13-14-1-4-19-15(11-14)5-10-27-19/h1-4,11-12H,5-10,13H2,(H,23,26). The molecule has 0 aliphatic carbocycles. The Kier molecular flexibility index (Phi) is 5.43. The number of ether oxygens (including phenoxy) is 1. The zero-order valence-corrected chi connectivity index (χ0v) is 16.4. The van der Waals surface area contributed by atoms with E-state index in [1.165, 1.54) is 11.1 Å². The van der Waals surface area contributed by atoms with Gasteiger partial charge in [0.05, 0.1) is 16.7 Å². The average molecular weight is 406 g/mol. The SMILES string of the molecule is O=C(Nc1ccc(Cl)c(Cl)c1)N1CCN(Cc2ccc3c(c2)CCO3)CC1. The molecule has 1 N–H and O–H groups in total. The first-order chi connectivity index (χ1) is 13.1. The Morgan fingerprint density at radius 3 is 2.63 bits per heavy atom. The Bertz CT molecular complexity index is 851. The van der Waals surface area contributed by atoms with Crippen molar-refractivity contribution >= 4 is 34.9 Å². The number of urea groups is 1. The summed E-state index contributed by atoms with van der Waals surface area (Å²) in [7, 11) is 0. The Morgan fingerprint density at radius 2 is 1.85 bits per heavy atom. The molecule has 2 amide bonds. The van der Waals surface area contributed by atoms with Gasteiger partial charge in [0.1, 0.15) is 5.75 Å². The van der Waals surface area contributed by atoms with Crippen LogP contribution in [0.5, 0.6) is 5.75 Å². The first-order valence-corrected chi connectivity index (χ1v) is 9.82. The summed E-state index contributed by atoms with van der Waals surface area (Å²) in [4.78, 5) is 16.7. The summed E-state index contributed by atoms with van der Waals surface area (Å²) in [5.74, 6) is 1.02. The van der Waals surface area contributed by atoms with Crippen LogP contribution < -0.4 is 10.1 Å². The molecule has 2 heterocycles. The molecule has 0 aromatic heterocycles. The highest BCUT2D eigenvalue weighted by Gasteiger charge is 2.22. The van der Waals surface area contributed by atoms with E-state index >= 15 is 0 Å². The van der Waals surface area contributed by atoms with Crippen molar-refractivity contribution in [3.63, 3.8) is 0 Å². The van der Waals surface area contributed by atoms with Crippen LogP contribution in [0.4, 0.5) is 10.5 Å². The van der Waals surface area contributed by atoms with Crippen molar-refractivity contribution in [2.75, 3.05) is 38.1 Å². The number of carbonyl (C=O) groups is 1. The average Bonchev–Trinajstić information content (AvgIpc) is 3.13. The van der Waals surface area contributed by atoms with Crippen LogP contribution in [0.1, 0.15) is 11.1 Å². The number of piperazine rings is 1. The number of amides is 2. The van der Waals surface area contributed by atoms with E-state index in [1.807, 2.05) is 4.90 Å². The van der Waals surface area contributed by atoms with E-state index < -0.39 is 0 Å². The summed E-state index contributed by atoms with van der Waals surface area (Å²) in [6, 6.07) is 11.4. The number of hydrogen-bond acceptors (Lipinski definition) is 3. The number of halogens is 2. The van der Waals surface area contributed by atoms with Gasteiger partial charge in [-0.25, -0.2) is 4.79 Å². The van der Waals surface area contributed by atoms with E-state index in [4.69, 9.17) is 27.9 Å². The fraction of sp³-hybridized carbons (Fsp3) is 0.350. The molecule has 27 heavy (non-hydrogen) atoms. The van der Waals surface area contributed by atoms with Crippen molar-refractivity contribution in [2.24, 2.45) is 0 Å². The first-order valence-electron chi connectivity index (χ1n) is 9.06. The second-order valence-corrected chi connectivity index (χ2v) is 7.68. The largest absolute Gasteiger partial charge is 0.493 e. The van der Waals surface area contributed by atoms with Crippen molar-refractivity contribution < 1.29 is 9.53 Å². The quantitative estimate of drug-likeness (QED) is 0.828. The molecule has 0 unspecified atom stereocenters. The molecule has 0 atom stereocenters. The predicted octanol–water partition coefficient (Wildman–Crippen LogP) is 4.28. The highest BCUT2D eigenvalue weighted by Crippen LogP contribution is 2.27. The third-order valence-electron chi connectivity index (χ3n) is 4.99. The van der Waals surface area contributed by atoms with Gasteiger partial charge < -0.3 is 15.0 Å². The molecule has 2 aliphatic heterocycles. The highest BCUT2D eigenvalue weighted by molar-refractivity contribution is 6.42. The number of fused-ring (bicyclic) bond motifs is 1. The Hall–Kier alpha value is -1.95. The summed E-state index contributed by atoms with van der Waals surface area (Å²) in [5, 5.41) is 3.79. The van der Waals surface area contributed by atoms with E-state index in [0.29, 0.717) is 28.8 Å². The Labute approximate surface area is 168 Å². The lowest BCUT2D eigenvalue weighted by atomic mass is 10.1. The van der Waals surface area contributed by atoms with Gasteiger partial charge in [0.25, 0.3) is 0 Å². The summed E-state index contributed by atoms with van der Waals surface area (Å²) in [6.45, 7) is 4.77. The number of carbonyl (C=O) groups excluding carboxylic acids is 1. The monoisotopic (exact) mass is 405 g/mol. The van der Waals surface area contributed by atoms with Gasteiger partial charge in [-0.05, 0) is 35.4 Å². The van der Waals surface area contributed by atoms with Crippen molar-refractivity contribution in [3.8, 4) is 5.75 Å². The predicted molar refractivity (Wildman–Crippen MR) is 108 cm³/mol. The molecule has 0 radical (unpaired) electrons. The molecule has 5 nitrogen and oxygen atoms in total. The summed E-state index contributed by atoms with van der Waals surface area (Å²) in [6.07, 6.45) is 0.992. The molecule has 0 saturated carbocycles. The van der Waals surface area contributed by atoms with Crippen molar-refractivity contribution in [2.45, 2.75) is 13.0 Å². The van der Waals surface area contributed by atoms with Gasteiger partial charge in [0.2, 0.25) is 0 Å². The number of nitrogens with zero attached hydrogens (tertiary/aromatic N) is 2. The summed E-state index contributed by atoms with van der Waals surface area (Å²) < 4.78 is 5.57.